The highest BCUT2D eigenvalue weighted by Gasteiger charge is 2.32. The normalized spacial score (nSPS) is 14.5. The first-order chi connectivity index (χ1) is 12.4. The van der Waals surface area contributed by atoms with Crippen molar-refractivity contribution in [2.45, 2.75) is 32.8 Å². The standard InChI is InChI=1S/C22H20O4/c1-4-25-21(24)17-10-7-15(8-11-17)5-6-16-9-12-20-18(13-16)19(23)14-22(2,3)26-20/h7-13H,4,14H2,1-3H3. The van der Waals surface area contributed by atoms with E-state index in [0.29, 0.717) is 29.9 Å². The molecule has 0 radical (unpaired) electrons. The lowest BCUT2D eigenvalue weighted by atomic mass is 9.92. The van der Waals surface area contributed by atoms with Gasteiger partial charge in [0.25, 0.3) is 0 Å². The van der Waals surface area contributed by atoms with Crippen molar-refractivity contribution in [3.8, 4) is 17.6 Å². The third-order valence-corrected chi connectivity index (χ3v) is 4.00. The number of hydrogen-bond acceptors (Lipinski definition) is 4. The number of ketones is 1. The Morgan fingerprint density at radius 2 is 1.77 bits per heavy atom. The fourth-order valence-electron chi connectivity index (χ4n) is 2.78. The maximum atomic E-state index is 12.3. The lowest BCUT2D eigenvalue weighted by Crippen LogP contribution is -2.35. The second kappa shape index (κ2) is 7.05. The van der Waals surface area contributed by atoms with Crippen molar-refractivity contribution in [1.29, 1.82) is 0 Å². The first-order valence-electron chi connectivity index (χ1n) is 8.53. The zero-order valence-electron chi connectivity index (χ0n) is 15.1. The van der Waals surface area contributed by atoms with E-state index < -0.39 is 5.60 Å². The third kappa shape index (κ3) is 3.94. The van der Waals surface area contributed by atoms with Crippen LogP contribution in [0.5, 0.6) is 5.75 Å². The van der Waals surface area contributed by atoms with Crippen molar-refractivity contribution >= 4 is 11.8 Å². The van der Waals surface area contributed by atoms with Gasteiger partial charge in [-0.05, 0) is 63.2 Å². The fraction of sp³-hybridized carbons (Fsp3) is 0.273. The van der Waals surface area contributed by atoms with Crippen LogP contribution in [-0.2, 0) is 4.74 Å². The molecule has 3 rings (SSSR count). The molecule has 1 aliphatic rings. The topological polar surface area (TPSA) is 52.6 Å². The maximum absolute atomic E-state index is 12.3. The number of carbonyl (C=O) groups is 2. The Morgan fingerprint density at radius 3 is 2.46 bits per heavy atom. The van der Waals surface area contributed by atoms with Gasteiger partial charge in [0, 0.05) is 11.1 Å². The largest absolute Gasteiger partial charge is 0.487 e. The highest BCUT2D eigenvalue weighted by atomic mass is 16.5. The molecule has 0 amide bonds. The highest BCUT2D eigenvalue weighted by molar-refractivity contribution is 6.00. The number of esters is 1. The van der Waals surface area contributed by atoms with Crippen LogP contribution in [0, 0.1) is 11.8 Å². The summed E-state index contributed by atoms with van der Waals surface area (Å²) in [5, 5.41) is 0. The molecular formula is C22H20O4. The Balaban J connectivity index is 1.80. The zero-order chi connectivity index (χ0) is 18.7. The van der Waals surface area contributed by atoms with Gasteiger partial charge in [0.05, 0.1) is 24.2 Å². The van der Waals surface area contributed by atoms with E-state index in [1.165, 1.54) is 0 Å². The van der Waals surface area contributed by atoms with Crippen molar-refractivity contribution < 1.29 is 19.1 Å². The van der Waals surface area contributed by atoms with Crippen LogP contribution >= 0.6 is 0 Å². The number of benzene rings is 2. The van der Waals surface area contributed by atoms with E-state index in [0.717, 1.165) is 11.1 Å². The Labute approximate surface area is 153 Å². The predicted molar refractivity (Wildman–Crippen MR) is 98.5 cm³/mol. The van der Waals surface area contributed by atoms with Crippen LogP contribution in [0.15, 0.2) is 42.5 Å². The van der Waals surface area contributed by atoms with E-state index in [1.54, 1.807) is 43.3 Å². The minimum absolute atomic E-state index is 0.0682. The Morgan fingerprint density at radius 1 is 1.12 bits per heavy atom. The molecule has 1 heterocycles. The summed E-state index contributed by atoms with van der Waals surface area (Å²) in [6, 6.07) is 12.3. The minimum Gasteiger partial charge on any atom is -0.487 e. The lowest BCUT2D eigenvalue weighted by Gasteiger charge is -2.31. The van der Waals surface area contributed by atoms with E-state index in [1.807, 2.05) is 19.9 Å². The van der Waals surface area contributed by atoms with Gasteiger partial charge < -0.3 is 9.47 Å². The highest BCUT2D eigenvalue weighted by Crippen LogP contribution is 2.33. The molecule has 2 aromatic rings. The van der Waals surface area contributed by atoms with Crippen LogP contribution in [0.25, 0.3) is 0 Å². The summed E-state index contributed by atoms with van der Waals surface area (Å²) >= 11 is 0. The van der Waals surface area contributed by atoms with Gasteiger partial charge in [-0.25, -0.2) is 4.79 Å². The molecule has 0 atom stereocenters. The van der Waals surface area contributed by atoms with Gasteiger partial charge >= 0.3 is 5.97 Å². The van der Waals surface area contributed by atoms with E-state index in [2.05, 4.69) is 11.8 Å². The molecule has 0 unspecified atom stereocenters. The van der Waals surface area contributed by atoms with Crippen molar-refractivity contribution in [3.05, 3.63) is 64.7 Å². The van der Waals surface area contributed by atoms with Gasteiger partial charge in [-0.1, -0.05) is 11.8 Å². The number of fused-ring (bicyclic) bond motifs is 1. The van der Waals surface area contributed by atoms with Gasteiger partial charge in [0.1, 0.15) is 11.4 Å². The van der Waals surface area contributed by atoms with Gasteiger partial charge in [0.15, 0.2) is 5.78 Å². The molecule has 0 aromatic heterocycles. The van der Waals surface area contributed by atoms with E-state index >= 15 is 0 Å². The number of ether oxygens (including phenoxy) is 2. The van der Waals surface area contributed by atoms with Crippen LogP contribution in [-0.4, -0.2) is 24.0 Å². The molecule has 0 N–H and O–H groups in total. The number of carbonyl (C=O) groups excluding carboxylic acids is 2. The quantitative estimate of drug-likeness (QED) is 0.608. The summed E-state index contributed by atoms with van der Waals surface area (Å²) in [6.07, 6.45) is 0.353. The van der Waals surface area contributed by atoms with Crippen LogP contribution < -0.4 is 4.74 Å². The summed E-state index contributed by atoms with van der Waals surface area (Å²) in [5.74, 6) is 6.43. The van der Waals surface area contributed by atoms with Crippen LogP contribution in [0.2, 0.25) is 0 Å². The molecule has 0 aliphatic carbocycles. The summed E-state index contributed by atoms with van der Waals surface area (Å²) in [5.41, 5.74) is 2.12. The average Bonchev–Trinajstić information content (AvgIpc) is 2.60. The summed E-state index contributed by atoms with van der Waals surface area (Å²) in [7, 11) is 0. The second-order valence-corrected chi connectivity index (χ2v) is 6.72. The van der Waals surface area contributed by atoms with Gasteiger partial charge in [-0.2, -0.15) is 0 Å². The Bertz CT molecular complexity index is 911. The molecule has 132 valence electrons. The average molecular weight is 348 g/mol. The number of Topliss-reactive ketones (excluding diaryl/α,β-unsaturated/α-hetero) is 1. The molecule has 0 spiro atoms. The zero-order valence-corrected chi connectivity index (χ0v) is 15.1. The lowest BCUT2D eigenvalue weighted by molar-refractivity contribution is 0.0525. The van der Waals surface area contributed by atoms with Crippen molar-refractivity contribution in [2.75, 3.05) is 6.61 Å². The van der Waals surface area contributed by atoms with Crippen molar-refractivity contribution in [3.63, 3.8) is 0 Å². The first-order valence-corrected chi connectivity index (χ1v) is 8.53. The first kappa shape index (κ1) is 17.8. The second-order valence-electron chi connectivity index (χ2n) is 6.72. The molecule has 0 saturated carbocycles. The number of rotatable bonds is 2. The summed E-state index contributed by atoms with van der Waals surface area (Å²) < 4.78 is 10.8. The summed E-state index contributed by atoms with van der Waals surface area (Å²) in [4.78, 5) is 24.0. The molecule has 4 heteroatoms. The predicted octanol–water partition coefficient (Wildman–Crippen LogP) is 4.01. The van der Waals surface area contributed by atoms with Crippen LogP contribution in [0.3, 0.4) is 0 Å². The van der Waals surface area contributed by atoms with Gasteiger partial charge in [-0.15, -0.1) is 0 Å². The Kier molecular flexibility index (Phi) is 4.81. The fourth-order valence-corrected chi connectivity index (χ4v) is 2.78. The van der Waals surface area contributed by atoms with Gasteiger partial charge in [0.2, 0.25) is 0 Å². The maximum Gasteiger partial charge on any atom is 0.338 e. The molecule has 4 nitrogen and oxygen atoms in total. The SMILES string of the molecule is CCOC(=O)c1ccc(C#Cc2ccc3c(c2)C(=O)CC(C)(C)O3)cc1. The van der Waals surface area contributed by atoms with E-state index in [9.17, 15) is 9.59 Å². The molecule has 26 heavy (non-hydrogen) atoms. The minimum atomic E-state index is -0.474. The monoisotopic (exact) mass is 348 g/mol. The number of hydrogen-bond donors (Lipinski definition) is 0. The van der Waals surface area contributed by atoms with Crippen molar-refractivity contribution in [2.24, 2.45) is 0 Å². The molecule has 0 fully saturated rings. The van der Waals surface area contributed by atoms with Crippen molar-refractivity contribution in [1.82, 2.24) is 0 Å². The van der Waals surface area contributed by atoms with E-state index in [4.69, 9.17) is 9.47 Å². The van der Waals surface area contributed by atoms with Crippen LogP contribution in [0.4, 0.5) is 0 Å². The van der Waals surface area contributed by atoms with E-state index in [-0.39, 0.29) is 11.8 Å². The van der Waals surface area contributed by atoms with Gasteiger partial charge in [-0.3, -0.25) is 4.79 Å². The smallest absolute Gasteiger partial charge is 0.338 e. The third-order valence-electron chi connectivity index (χ3n) is 4.00. The summed E-state index contributed by atoms with van der Waals surface area (Å²) in [6.45, 7) is 5.93. The molecule has 2 aromatic carbocycles. The molecule has 0 bridgehead atoms. The Hall–Kier alpha value is -3.06. The molecular weight excluding hydrogens is 328 g/mol. The molecule has 1 aliphatic heterocycles. The molecule has 0 saturated heterocycles. The van der Waals surface area contributed by atoms with Crippen LogP contribution in [0.1, 0.15) is 59.0 Å².